The summed E-state index contributed by atoms with van der Waals surface area (Å²) in [5, 5.41) is 15.2. The first kappa shape index (κ1) is 19.0. The normalized spacial score (nSPS) is 13.3. The quantitative estimate of drug-likeness (QED) is 0.644. The van der Waals surface area contributed by atoms with Crippen LogP contribution < -0.4 is 10.6 Å². The standard InChI is InChI=1S/C18H27FN4/c1-13(8-9-18(2,3)4)23-17(21-5)22-12-15-7-6-14(11-20)10-16(15)19/h6-7,10,13H,8-9,12H2,1-5H3,(H2,21,22,23). The van der Waals surface area contributed by atoms with Gasteiger partial charge in [0, 0.05) is 25.2 Å². The van der Waals surface area contributed by atoms with Crippen LogP contribution in [0.25, 0.3) is 0 Å². The summed E-state index contributed by atoms with van der Waals surface area (Å²) in [5.74, 6) is 0.267. The molecule has 0 spiro atoms. The maximum atomic E-state index is 13.9. The first-order valence-corrected chi connectivity index (χ1v) is 7.91. The van der Waals surface area contributed by atoms with E-state index in [1.807, 2.05) is 6.07 Å². The lowest BCUT2D eigenvalue weighted by Gasteiger charge is -2.23. The van der Waals surface area contributed by atoms with Crippen molar-refractivity contribution in [3.05, 3.63) is 35.1 Å². The zero-order valence-corrected chi connectivity index (χ0v) is 14.7. The van der Waals surface area contributed by atoms with Gasteiger partial charge in [-0.1, -0.05) is 26.8 Å². The molecule has 0 radical (unpaired) electrons. The van der Waals surface area contributed by atoms with Crippen molar-refractivity contribution in [1.29, 1.82) is 5.26 Å². The van der Waals surface area contributed by atoms with Gasteiger partial charge in [0.25, 0.3) is 0 Å². The first-order valence-electron chi connectivity index (χ1n) is 7.91. The second-order valence-corrected chi connectivity index (χ2v) is 6.99. The highest BCUT2D eigenvalue weighted by molar-refractivity contribution is 5.79. The number of hydrogen-bond acceptors (Lipinski definition) is 2. The summed E-state index contributed by atoms with van der Waals surface area (Å²) >= 11 is 0. The summed E-state index contributed by atoms with van der Waals surface area (Å²) in [5.41, 5.74) is 1.14. The molecule has 1 atom stereocenters. The van der Waals surface area contributed by atoms with Crippen LogP contribution in [0.1, 0.15) is 51.7 Å². The van der Waals surface area contributed by atoms with Gasteiger partial charge in [-0.15, -0.1) is 0 Å². The van der Waals surface area contributed by atoms with Crippen LogP contribution in [0.15, 0.2) is 23.2 Å². The average Bonchev–Trinajstić information content (AvgIpc) is 2.49. The van der Waals surface area contributed by atoms with Crippen molar-refractivity contribution in [2.75, 3.05) is 7.05 Å². The zero-order chi connectivity index (χ0) is 17.5. The smallest absolute Gasteiger partial charge is 0.191 e. The molecule has 2 N–H and O–H groups in total. The molecule has 1 rings (SSSR count). The van der Waals surface area contributed by atoms with Crippen LogP contribution in [-0.2, 0) is 6.54 Å². The third-order valence-corrected chi connectivity index (χ3v) is 3.56. The van der Waals surface area contributed by atoms with Gasteiger partial charge in [0.05, 0.1) is 11.6 Å². The fraction of sp³-hybridized carbons (Fsp3) is 0.556. The number of benzene rings is 1. The third kappa shape index (κ3) is 7.14. The molecule has 5 heteroatoms. The predicted octanol–water partition coefficient (Wildman–Crippen LogP) is 3.58. The monoisotopic (exact) mass is 318 g/mol. The van der Waals surface area contributed by atoms with E-state index >= 15 is 0 Å². The summed E-state index contributed by atoms with van der Waals surface area (Å²) < 4.78 is 13.9. The van der Waals surface area contributed by atoms with Crippen molar-refractivity contribution in [2.45, 2.75) is 53.1 Å². The number of hydrogen-bond donors (Lipinski definition) is 2. The molecule has 0 aliphatic heterocycles. The molecule has 0 saturated carbocycles. The highest BCUT2D eigenvalue weighted by Gasteiger charge is 2.13. The van der Waals surface area contributed by atoms with Crippen molar-refractivity contribution < 1.29 is 4.39 Å². The van der Waals surface area contributed by atoms with Gasteiger partial charge in [-0.25, -0.2) is 4.39 Å². The van der Waals surface area contributed by atoms with Crippen molar-refractivity contribution in [1.82, 2.24) is 10.6 Å². The minimum absolute atomic E-state index is 0.284. The molecule has 1 unspecified atom stereocenters. The SMILES string of the molecule is CN=C(NCc1ccc(C#N)cc1F)NC(C)CCC(C)(C)C. The highest BCUT2D eigenvalue weighted by atomic mass is 19.1. The number of rotatable bonds is 5. The Morgan fingerprint density at radius 1 is 1.39 bits per heavy atom. The summed E-state index contributed by atoms with van der Waals surface area (Å²) in [6.07, 6.45) is 2.15. The number of halogens is 1. The van der Waals surface area contributed by atoms with Crippen LogP contribution in [0.4, 0.5) is 4.39 Å². The van der Waals surface area contributed by atoms with Gasteiger partial charge in [-0.3, -0.25) is 4.99 Å². The molecule has 0 aromatic heterocycles. The molecule has 0 aliphatic carbocycles. The van der Waals surface area contributed by atoms with E-state index < -0.39 is 0 Å². The van der Waals surface area contributed by atoms with E-state index in [0.717, 1.165) is 12.8 Å². The fourth-order valence-corrected chi connectivity index (χ4v) is 2.09. The molecule has 23 heavy (non-hydrogen) atoms. The Morgan fingerprint density at radius 2 is 2.09 bits per heavy atom. The van der Waals surface area contributed by atoms with E-state index in [-0.39, 0.29) is 11.9 Å². The summed E-state index contributed by atoms with van der Waals surface area (Å²) in [4.78, 5) is 4.17. The second kappa shape index (κ2) is 8.52. The number of guanidine groups is 1. The van der Waals surface area contributed by atoms with Crippen molar-refractivity contribution >= 4 is 5.96 Å². The van der Waals surface area contributed by atoms with E-state index in [4.69, 9.17) is 5.26 Å². The molecule has 1 aromatic rings. The van der Waals surface area contributed by atoms with Crippen molar-refractivity contribution in [3.63, 3.8) is 0 Å². The number of nitriles is 1. The van der Waals surface area contributed by atoms with Crippen LogP contribution in [0, 0.1) is 22.6 Å². The van der Waals surface area contributed by atoms with Gasteiger partial charge in [-0.05, 0) is 37.3 Å². The maximum Gasteiger partial charge on any atom is 0.191 e. The highest BCUT2D eigenvalue weighted by Crippen LogP contribution is 2.21. The van der Waals surface area contributed by atoms with E-state index in [1.54, 1.807) is 19.2 Å². The molecular weight excluding hydrogens is 291 g/mol. The fourth-order valence-electron chi connectivity index (χ4n) is 2.09. The molecular formula is C18H27FN4. The van der Waals surface area contributed by atoms with E-state index in [9.17, 15) is 4.39 Å². The molecule has 1 aromatic carbocycles. The minimum atomic E-state index is -0.382. The molecule has 0 amide bonds. The Kier molecular flexibility index (Phi) is 7.02. The lowest BCUT2D eigenvalue weighted by atomic mass is 9.89. The van der Waals surface area contributed by atoms with Crippen LogP contribution in [0.2, 0.25) is 0 Å². The van der Waals surface area contributed by atoms with E-state index in [1.165, 1.54) is 6.07 Å². The van der Waals surface area contributed by atoms with Crippen LogP contribution >= 0.6 is 0 Å². The lowest BCUT2D eigenvalue weighted by molar-refractivity contribution is 0.346. The van der Waals surface area contributed by atoms with E-state index in [2.05, 4.69) is 43.3 Å². The molecule has 0 fully saturated rings. The van der Waals surface area contributed by atoms with Gasteiger partial charge < -0.3 is 10.6 Å². The summed E-state index contributed by atoms with van der Waals surface area (Å²) in [6.45, 7) is 9.10. The largest absolute Gasteiger partial charge is 0.354 e. The maximum absolute atomic E-state index is 13.9. The minimum Gasteiger partial charge on any atom is -0.354 e. The Balaban J connectivity index is 2.53. The molecule has 4 nitrogen and oxygen atoms in total. The lowest BCUT2D eigenvalue weighted by Crippen LogP contribution is -2.42. The van der Waals surface area contributed by atoms with Crippen LogP contribution in [-0.4, -0.2) is 19.0 Å². The van der Waals surface area contributed by atoms with Crippen LogP contribution in [0.3, 0.4) is 0 Å². The summed E-state index contributed by atoms with van der Waals surface area (Å²) in [6, 6.07) is 6.70. The average molecular weight is 318 g/mol. The first-order chi connectivity index (χ1) is 10.7. The Hall–Kier alpha value is -2.09. The Bertz CT molecular complexity index is 582. The Morgan fingerprint density at radius 3 is 2.61 bits per heavy atom. The molecule has 0 saturated heterocycles. The summed E-state index contributed by atoms with van der Waals surface area (Å²) in [7, 11) is 1.70. The second-order valence-electron chi connectivity index (χ2n) is 6.99. The molecule has 126 valence electrons. The zero-order valence-electron chi connectivity index (χ0n) is 14.7. The third-order valence-electron chi connectivity index (χ3n) is 3.56. The molecule has 0 aliphatic rings. The molecule has 0 bridgehead atoms. The van der Waals surface area contributed by atoms with Gasteiger partial charge in [0.2, 0.25) is 0 Å². The topological polar surface area (TPSA) is 60.2 Å². The van der Waals surface area contributed by atoms with Gasteiger partial charge in [0.15, 0.2) is 5.96 Å². The Labute approximate surface area is 138 Å². The van der Waals surface area contributed by atoms with E-state index in [0.29, 0.717) is 29.0 Å². The van der Waals surface area contributed by atoms with Gasteiger partial charge in [0.1, 0.15) is 5.82 Å². The predicted molar refractivity (Wildman–Crippen MR) is 92.6 cm³/mol. The number of nitrogens with zero attached hydrogens (tertiary/aromatic N) is 2. The van der Waals surface area contributed by atoms with Crippen LogP contribution in [0.5, 0.6) is 0 Å². The number of aliphatic imine (C=N–C) groups is 1. The van der Waals surface area contributed by atoms with Gasteiger partial charge >= 0.3 is 0 Å². The van der Waals surface area contributed by atoms with Gasteiger partial charge in [-0.2, -0.15) is 5.26 Å². The van der Waals surface area contributed by atoms with Crippen molar-refractivity contribution in [3.8, 4) is 6.07 Å². The number of nitrogens with one attached hydrogen (secondary N) is 2. The van der Waals surface area contributed by atoms with Crippen molar-refractivity contribution in [2.24, 2.45) is 10.4 Å². The molecule has 0 heterocycles.